The molecule has 0 saturated heterocycles. The number of benzene rings is 1. The zero-order chi connectivity index (χ0) is 11.2. The molecule has 2 heteroatoms. The van der Waals surface area contributed by atoms with E-state index in [1.165, 1.54) is 27.6 Å². The summed E-state index contributed by atoms with van der Waals surface area (Å²) in [5, 5.41) is 1.22. The minimum atomic E-state index is 0.987. The summed E-state index contributed by atoms with van der Waals surface area (Å²) < 4.78 is 3.14. The lowest BCUT2D eigenvalue weighted by atomic mass is 10.0. The summed E-state index contributed by atoms with van der Waals surface area (Å²) in [4.78, 5) is 0. The first-order valence-corrected chi connectivity index (χ1v) is 5.48. The van der Waals surface area contributed by atoms with Gasteiger partial charge in [0.15, 0.2) is 0 Å². The van der Waals surface area contributed by atoms with E-state index >= 15 is 0 Å². The Bertz CT molecular complexity index is 593. The summed E-state index contributed by atoms with van der Waals surface area (Å²) in [5.41, 5.74) is 4.96. The van der Waals surface area contributed by atoms with Crippen LogP contribution in [-0.4, -0.2) is 4.57 Å². The van der Waals surface area contributed by atoms with E-state index < -0.39 is 0 Å². The maximum Gasteiger partial charge on any atom is 0.0516 e. The van der Waals surface area contributed by atoms with Crippen LogP contribution in [0.15, 0.2) is 18.3 Å². The van der Waals surface area contributed by atoms with Crippen LogP contribution in [0.2, 0.25) is 0 Å². The molecule has 0 amide bonds. The Kier molecular flexibility index (Phi) is 2.39. The van der Waals surface area contributed by atoms with Crippen LogP contribution < -0.4 is 0 Å². The summed E-state index contributed by atoms with van der Waals surface area (Å²) in [6, 6.07) is 4.38. The Hall–Kier alpha value is -1.15. The van der Waals surface area contributed by atoms with E-state index in [1.54, 1.807) is 0 Å². The largest absolute Gasteiger partial charge is 0.350 e. The molecular formula is C13H15NS. The minimum absolute atomic E-state index is 0.987. The molecule has 1 heterocycles. The zero-order valence-corrected chi connectivity index (χ0v) is 10.4. The molecule has 0 aliphatic rings. The summed E-state index contributed by atoms with van der Waals surface area (Å²) >= 11 is 5.47. The van der Waals surface area contributed by atoms with Gasteiger partial charge in [-0.1, -0.05) is 18.3 Å². The molecule has 1 aromatic heterocycles. The molecule has 15 heavy (non-hydrogen) atoms. The molecule has 0 bridgehead atoms. The molecule has 78 valence electrons. The van der Waals surface area contributed by atoms with E-state index in [-0.39, 0.29) is 0 Å². The number of aromatic nitrogens is 1. The van der Waals surface area contributed by atoms with Crippen LogP contribution in [0.25, 0.3) is 10.9 Å². The number of hydrogen-bond acceptors (Lipinski definition) is 1. The number of hydrogen-bond donors (Lipinski definition) is 0. The van der Waals surface area contributed by atoms with Crippen LogP contribution in [-0.2, 0) is 7.05 Å². The molecule has 0 spiro atoms. The second-order valence-electron chi connectivity index (χ2n) is 4.23. The lowest BCUT2D eigenvalue weighted by Gasteiger charge is -2.11. The fraction of sp³-hybridized carbons (Fsp3) is 0.308. The Morgan fingerprint density at radius 3 is 2.40 bits per heavy atom. The molecular weight excluding hydrogens is 202 g/mol. The van der Waals surface area contributed by atoms with Crippen molar-refractivity contribution in [3.63, 3.8) is 0 Å². The van der Waals surface area contributed by atoms with Gasteiger partial charge in [-0.25, -0.2) is 0 Å². The number of rotatable bonds is 0. The first-order valence-electron chi connectivity index (χ1n) is 5.08. The van der Waals surface area contributed by atoms with Gasteiger partial charge in [-0.05, 0) is 43.5 Å². The monoisotopic (exact) mass is 217 g/mol. The van der Waals surface area contributed by atoms with Crippen LogP contribution in [0.1, 0.15) is 16.7 Å². The molecule has 1 aromatic carbocycles. The predicted molar refractivity (Wildman–Crippen MR) is 68.0 cm³/mol. The van der Waals surface area contributed by atoms with Crippen molar-refractivity contribution < 1.29 is 0 Å². The van der Waals surface area contributed by atoms with E-state index in [4.69, 9.17) is 12.2 Å². The lowest BCUT2D eigenvalue weighted by Crippen LogP contribution is -1.97. The highest BCUT2D eigenvalue weighted by molar-refractivity contribution is 7.71. The Morgan fingerprint density at radius 1 is 1.07 bits per heavy atom. The maximum absolute atomic E-state index is 5.47. The van der Waals surface area contributed by atoms with Crippen molar-refractivity contribution in [2.24, 2.45) is 7.05 Å². The van der Waals surface area contributed by atoms with Gasteiger partial charge in [-0.15, -0.1) is 0 Å². The molecule has 2 rings (SSSR count). The van der Waals surface area contributed by atoms with Crippen LogP contribution in [0.5, 0.6) is 0 Å². The second-order valence-corrected chi connectivity index (χ2v) is 4.64. The van der Waals surface area contributed by atoms with Crippen LogP contribution in [0, 0.1) is 25.3 Å². The van der Waals surface area contributed by atoms with Crippen LogP contribution >= 0.6 is 12.2 Å². The Labute approximate surface area is 95.4 Å². The summed E-state index contributed by atoms with van der Waals surface area (Å²) in [6.07, 6.45) is 2.10. The second kappa shape index (κ2) is 3.46. The van der Waals surface area contributed by atoms with E-state index in [2.05, 4.69) is 50.7 Å². The molecule has 0 aliphatic heterocycles. The average molecular weight is 217 g/mol. The standard InChI is InChI=1S/C13H15NS/c1-8-5-9(2)12-11(6-8)14(4)7-10(3)13(12)15/h5-7H,1-4H3. The topological polar surface area (TPSA) is 4.93 Å². The zero-order valence-electron chi connectivity index (χ0n) is 9.59. The third kappa shape index (κ3) is 1.59. The summed E-state index contributed by atoms with van der Waals surface area (Å²) in [7, 11) is 2.07. The third-order valence-corrected chi connectivity index (χ3v) is 3.34. The average Bonchev–Trinajstić information content (AvgIpc) is 2.13. The number of nitrogens with zero attached hydrogens (tertiary/aromatic N) is 1. The van der Waals surface area contributed by atoms with Crippen molar-refractivity contribution >= 4 is 23.1 Å². The van der Waals surface area contributed by atoms with Gasteiger partial charge in [0.1, 0.15) is 0 Å². The van der Waals surface area contributed by atoms with Gasteiger partial charge in [-0.3, -0.25) is 0 Å². The minimum Gasteiger partial charge on any atom is -0.350 e. The Balaban J connectivity index is 3.10. The van der Waals surface area contributed by atoms with Gasteiger partial charge in [0.05, 0.1) is 4.51 Å². The van der Waals surface area contributed by atoms with Crippen molar-refractivity contribution in [1.82, 2.24) is 4.57 Å². The fourth-order valence-corrected chi connectivity index (χ4v) is 2.45. The van der Waals surface area contributed by atoms with Gasteiger partial charge in [-0.2, -0.15) is 0 Å². The van der Waals surface area contributed by atoms with E-state index in [1.807, 2.05) is 0 Å². The number of fused-ring (bicyclic) bond motifs is 1. The van der Waals surface area contributed by atoms with E-state index in [9.17, 15) is 0 Å². The van der Waals surface area contributed by atoms with Crippen LogP contribution in [0.3, 0.4) is 0 Å². The van der Waals surface area contributed by atoms with Gasteiger partial charge in [0.2, 0.25) is 0 Å². The molecule has 2 aromatic rings. The third-order valence-electron chi connectivity index (χ3n) is 2.81. The van der Waals surface area contributed by atoms with Crippen LogP contribution in [0.4, 0.5) is 0 Å². The predicted octanol–water partition coefficient (Wildman–Crippen LogP) is 3.83. The normalized spacial score (nSPS) is 10.9. The molecule has 1 nitrogen and oxygen atoms in total. The quantitative estimate of drug-likeness (QED) is 0.607. The molecule has 0 atom stereocenters. The van der Waals surface area contributed by atoms with Gasteiger partial charge >= 0.3 is 0 Å². The first kappa shape index (κ1) is 10.4. The van der Waals surface area contributed by atoms with Crippen molar-refractivity contribution in [2.75, 3.05) is 0 Å². The smallest absolute Gasteiger partial charge is 0.0516 e. The summed E-state index contributed by atoms with van der Waals surface area (Å²) in [6.45, 7) is 6.32. The van der Waals surface area contributed by atoms with Crippen molar-refractivity contribution in [3.8, 4) is 0 Å². The first-order chi connectivity index (χ1) is 7.00. The fourth-order valence-electron chi connectivity index (χ4n) is 2.13. The molecule has 0 fully saturated rings. The van der Waals surface area contributed by atoms with Crippen molar-refractivity contribution in [2.45, 2.75) is 20.8 Å². The SMILES string of the molecule is Cc1cc(C)c2c(=S)c(C)cn(C)c2c1. The Morgan fingerprint density at radius 2 is 1.73 bits per heavy atom. The van der Waals surface area contributed by atoms with Gasteiger partial charge in [0.25, 0.3) is 0 Å². The molecule has 0 aliphatic carbocycles. The number of aryl methyl sites for hydroxylation is 4. The highest BCUT2D eigenvalue weighted by Gasteiger charge is 2.04. The molecule has 0 radical (unpaired) electrons. The molecule has 0 unspecified atom stereocenters. The number of pyridine rings is 1. The highest BCUT2D eigenvalue weighted by atomic mass is 32.1. The summed E-state index contributed by atoms with van der Waals surface area (Å²) in [5.74, 6) is 0. The molecule has 0 N–H and O–H groups in total. The van der Waals surface area contributed by atoms with E-state index in [0.29, 0.717) is 0 Å². The van der Waals surface area contributed by atoms with Crippen molar-refractivity contribution in [1.29, 1.82) is 0 Å². The lowest BCUT2D eigenvalue weighted by molar-refractivity contribution is 0.939. The highest BCUT2D eigenvalue weighted by Crippen LogP contribution is 2.23. The van der Waals surface area contributed by atoms with Gasteiger partial charge in [0, 0.05) is 24.1 Å². The maximum atomic E-state index is 5.47. The molecule has 0 saturated carbocycles. The van der Waals surface area contributed by atoms with Crippen molar-refractivity contribution in [3.05, 3.63) is 39.5 Å². The van der Waals surface area contributed by atoms with E-state index in [0.717, 1.165) is 4.51 Å². The van der Waals surface area contributed by atoms with Gasteiger partial charge < -0.3 is 4.57 Å².